The van der Waals surface area contributed by atoms with Crippen molar-refractivity contribution in [1.82, 2.24) is 5.32 Å². The van der Waals surface area contributed by atoms with Gasteiger partial charge >= 0.3 is 0 Å². The van der Waals surface area contributed by atoms with Crippen LogP contribution in [0, 0.1) is 0 Å². The number of benzene rings is 1. The summed E-state index contributed by atoms with van der Waals surface area (Å²) in [5.74, 6) is 1.85. The molecule has 1 atom stereocenters. The van der Waals surface area contributed by atoms with Crippen molar-refractivity contribution in [3.63, 3.8) is 0 Å². The van der Waals surface area contributed by atoms with Gasteiger partial charge in [-0.15, -0.1) is 11.8 Å². The molecule has 3 rings (SSSR count). The van der Waals surface area contributed by atoms with Crippen molar-refractivity contribution in [2.24, 2.45) is 0 Å². The number of hydrogen-bond donors (Lipinski definition) is 1. The van der Waals surface area contributed by atoms with E-state index < -0.39 is 0 Å². The zero-order valence-electron chi connectivity index (χ0n) is 11.4. The first kappa shape index (κ1) is 13.1. The van der Waals surface area contributed by atoms with Crippen molar-refractivity contribution >= 4 is 11.8 Å². The number of ether oxygens (including phenoxy) is 2. The maximum atomic E-state index is 5.81. The second kappa shape index (κ2) is 6.06. The molecular formula is C15H21NO2S. The quantitative estimate of drug-likeness (QED) is 0.862. The summed E-state index contributed by atoms with van der Waals surface area (Å²) in [5.41, 5.74) is 1.39. The monoisotopic (exact) mass is 279 g/mol. The van der Waals surface area contributed by atoms with Gasteiger partial charge in [0.2, 0.25) is 0 Å². The maximum absolute atomic E-state index is 5.81. The molecule has 0 bridgehead atoms. The van der Waals surface area contributed by atoms with E-state index in [4.69, 9.17) is 9.47 Å². The lowest BCUT2D eigenvalue weighted by Gasteiger charge is -2.26. The average molecular weight is 279 g/mol. The van der Waals surface area contributed by atoms with Gasteiger partial charge in [-0.25, -0.2) is 0 Å². The molecule has 0 aromatic heterocycles. The molecule has 0 amide bonds. The van der Waals surface area contributed by atoms with Gasteiger partial charge in [-0.3, -0.25) is 0 Å². The van der Waals surface area contributed by atoms with E-state index in [1.54, 1.807) is 11.8 Å². The third kappa shape index (κ3) is 2.84. The lowest BCUT2D eigenvalue weighted by molar-refractivity contribution is 0.167. The van der Waals surface area contributed by atoms with Crippen molar-refractivity contribution < 1.29 is 9.47 Å². The van der Waals surface area contributed by atoms with E-state index in [9.17, 15) is 0 Å². The van der Waals surface area contributed by atoms with Crippen molar-refractivity contribution in [1.29, 1.82) is 0 Å². The lowest BCUT2D eigenvalue weighted by Crippen LogP contribution is -2.35. The third-order valence-electron chi connectivity index (χ3n) is 3.83. The summed E-state index contributed by atoms with van der Waals surface area (Å²) in [4.78, 5) is 1.25. The molecule has 2 aliphatic heterocycles. The normalized spacial score (nSPS) is 22.3. The Morgan fingerprint density at radius 2 is 2.16 bits per heavy atom. The fourth-order valence-corrected chi connectivity index (χ4v) is 3.64. The number of fused-ring (bicyclic) bond motifs is 1. The van der Waals surface area contributed by atoms with Crippen LogP contribution in [0.2, 0.25) is 0 Å². The lowest BCUT2D eigenvalue weighted by atomic mass is 9.97. The molecule has 2 heterocycles. The molecule has 19 heavy (non-hydrogen) atoms. The summed E-state index contributed by atoms with van der Waals surface area (Å²) in [6, 6.07) is 4.88. The van der Waals surface area contributed by atoms with Gasteiger partial charge in [0.1, 0.15) is 13.2 Å². The first-order valence-electron chi connectivity index (χ1n) is 7.07. The largest absolute Gasteiger partial charge is 0.486 e. The standard InChI is InChI=1S/C15H21NO2S/c1-19-15-11(10-12-4-2-3-7-16-12)5-6-13-14(15)18-9-8-17-13/h5-6,12,16H,2-4,7-10H2,1H3. The molecule has 1 unspecified atom stereocenters. The Hall–Kier alpha value is -0.870. The fourth-order valence-electron chi connectivity index (χ4n) is 2.88. The smallest absolute Gasteiger partial charge is 0.175 e. The molecule has 0 spiro atoms. The summed E-state index contributed by atoms with van der Waals surface area (Å²) < 4.78 is 11.5. The van der Waals surface area contributed by atoms with E-state index in [1.165, 1.54) is 29.7 Å². The van der Waals surface area contributed by atoms with E-state index >= 15 is 0 Å². The molecule has 2 aliphatic rings. The van der Waals surface area contributed by atoms with Crippen molar-refractivity contribution in [2.75, 3.05) is 26.0 Å². The Balaban J connectivity index is 1.83. The van der Waals surface area contributed by atoms with Crippen molar-refractivity contribution in [3.05, 3.63) is 17.7 Å². The summed E-state index contributed by atoms with van der Waals surface area (Å²) in [5, 5.41) is 3.62. The molecule has 104 valence electrons. The predicted octanol–water partition coefficient (Wildman–Crippen LogP) is 2.86. The van der Waals surface area contributed by atoms with Gasteiger partial charge in [0.05, 0.1) is 4.90 Å². The van der Waals surface area contributed by atoms with E-state index in [2.05, 4.69) is 23.7 Å². The molecule has 4 heteroatoms. The summed E-state index contributed by atoms with van der Waals surface area (Å²) >= 11 is 1.77. The highest BCUT2D eigenvalue weighted by atomic mass is 32.2. The van der Waals surface area contributed by atoms with Gasteiger partial charge in [0, 0.05) is 6.04 Å². The number of hydrogen-bond acceptors (Lipinski definition) is 4. The molecule has 0 aliphatic carbocycles. The topological polar surface area (TPSA) is 30.5 Å². The highest BCUT2D eigenvalue weighted by Crippen LogP contribution is 2.41. The maximum Gasteiger partial charge on any atom is 0.175 e. The molecular weight excluding hydrogens is 258 g/mol. The minimum absolute atomic E-state index is 0.613. The first-order valence-corrected chi connectivity index (χ1v) is 8.30. The SMILES string of the molecule is CSc1c(CC2CCCCN2)ccc2c1OCCO2. The van der Waals surface area contributed by atoms with Gasteiger partial charge in [-0.2, -0.15) is 0 Å². The van der Waals surface area contributed by atoms with E-state index in [0.29, 0.717) is 19.3 Å². The molecule has 0 saturated carbocycles. The third-order valence-corrected chi connectivity index (χ3v) is 4.68. The minimum atomic E-state index is 0.613. The number of nitrogens with one attached hydrogen (secondary N) is 1. The van der Waals surface area contributed by atoms with Gasteiger partial charge in [-0.05, 0) is 43.7 Å². The van der Waals surface area contributed by atoms with Crippen molar-refractivity contribution in [2.45, 2.75) is 36.6 Å². The Morgan fingerprint density at radius 1 is 1.26 bits per heavy atom. The predicted molar refractivity (Wildman–Crippen MR) is 78.6 cm³/mol. The van der Waals surface area contributed by atoms with Crippen LogP contribution in [0.4, 0.5) is 0 Å². The molecule has 1 fully saturated rings. The Kier molecular flexibility index (Phi) is 4.18. The van der Waals surface area contributed by atoms with Crippen LogP contribution in [0.5, 0.6) is 11.5 Å². The van der Waals surface area contributed by atoms with Crippen LogP contribution in [0.25, 0.3) is 0 Å². The Morgan fingerprint density at radius 3 is 2.95 bits per heavy atom. The van der Waals surface area contributed by atoms with E-state index in [0.717, 1.165) is 24.5 Å². The highest BCUT2D eigenvalue weighted by Gasteiger charge is 2.21. The van der Waals surface area contributed by atoms with Crippen LogP contribution in [0.1, 0.15) is 24.8 Å². The Bertz CT molecular complexity index is 444. The molecule has 1 aromatic rings. The van der Waals surface area contributed by atoms with Crippen LogP contribution in [0.3, 0.4) is 0 Å². The zero-order valence-corrected chi connectivity index (χ0v) is 12.2. The summed E-state index contributed by atoms with van der Waals surface area (Å²) in [6.07, 6.45) is 7.14. The number of piperidine rings is 1. The van der Waals surface area contributed by atoms with E-state index in [-0.39, 0.29) is 0 Å². The molecule has 0 radical (unpaired) electrons. The van der Waals surface area contributed by atoms with Crippen molar-refractivity contribution in [3.8, 4) is 11.5 Å². The van der Waals surface area contributed by atoms with Crippen LogP contribution in [0.15, 0.2) is 17.0 Å². The molecule has 3 nitrogen and oxygen atoms in total. The van der Waals surface area contributed by atoms with Crippen LogP contribution >= 0.6 is 11.8 Å². The van der Waals surface area contributed by atoms with Crippen LogP contribution < -0.4 is 14.8 Å². The van der Waals surface area contributed by atoms with E-state index in [1.807, 2.05) is 0 Å². The van der Waals surface area contributed by atoms with Crippen LogP contribution in [-0.4, -0.2) is 32.1 Å². The van der Waals surface area contributed by atoms with Gasteiger partial charge in [0.25, 0.3) is 0 Å². The second-order valence-corrected chi connectivity index (χ2v) is 5.95. The second-order valence-electron chi connectivity index (χ2n) is 5.13. The minimum Gasteiger partial charge on any atom is -0.486 e. The molecule has 1 N–H and O–H groups in total. The van der Waals surface area contributed by atoms with Gasteiger partial charge in [-0.1, -0.05) is 12.5 Å². The number of thioether (sulfide) groups is 1. The zero-order chi connectivity index (χ0) is 13.1. The molecule has 1 aromatic carbocycles. The Labute approximate surface area is 119 Å². The fraction of sp³-hybridized carbons (Fsp3) is 0.600. The highest BCUT2D eigenvalue weighted by molar-refractivity contribution is 7.98. The van der Waals surface area contributed by atoms with Gasteiger partial charge < -0.3 is 14.8 Å². The average Bonchev–Trinajstić information content (AvgIpc) is 2.48. The van der Waals surface area contributed by atoms with Crippen LogP contribution in [-0.2, 0) is 6.42 Å². The first-order chi connectivity index (χ1) is 9.38. The summed E-state index contributed by atoms with van der Waals surface area (Å²) in [6.45, 7) is 2.47. The number of rotatable bonds is 3. The summed E-state index contributed by atoms with van der Waals surface area (Å²) in [7, 11) is 0. The molecule has 1 saturated heterocycles. The van der Waals surface area contributed by atoms with Gasteiger partial charge in [0.15, 0.2) is 11.5 Å².